The van der Waals surface area contributed by atoms with Gasteiger partial charge < -0.3 is 24.6 Å². The highest BCUT2D eigenvalue weighted by Gasteiger charge is 2.71. The number of carbonyl (C=O) groups excluding carboxylic acids is 2. The maximum Gasteiger partial charge on any atom is 0.361 e. The van der Waals surface area contributed by atoms with Crippen LogP contribution < -0.4 is 0 Å². The number of nitrogens with zero attached hydrogens (tertiary/aromatic N) is 1. The van der Waals surface area contributed by atoms with Gasteiger partial charge in [0.25, 0.3) is 0 Å². The molecule has 3 aliphatic carbocycles. The topological polar surface area (TPSA) is 130 Å². The summed E-state index contributed by atoms with van der Waals surface area (Å²) in [6, 6.07) is 10.6. The van der Waals surface area contributed by atoms with Crippen molar-refractivity contribution >= 4 is 11.8 Å². The first-order valence-electron chi connectivity index (χ1n) is 13.6. The predicted molar refractivity (Wildman–Crippen MR) is 143 cm³/mol. The minimum atomic E-state index is -2.22. The number of rotatable bonds is 4. The average molecular weight is 536 g/mol. The Hall–Kier alpha value is -3.07. The van der Waals surface area contributed by atoms with Crippen LogP contribution in [0, 0.1) is 28.6 Å². The second-order valence-electron chi connectivity index (χ2n) is 12.2. The molecule has 7 atom stereocenters. The average Bonchev–Trinajstić information content (AvgIpc) is 3.49. The molecular formula is C31H37NO7. The smallest absolute Gasteiger partial charge is 0.361 e. The minimum Gasteiger partial charge on any atom is -0.450 e. The van der Waals surface area contributed by atoms with E-state index in [1.54, 1.807) is 19.1 Å². The molecule has 208 valence electrons. The lowest BCUT2D eigenvalue weighted by Gasteiger charge is -2.51. The van der Waals surface area contributed by atoms with Crippen molar-refractivity contribution in [3.05, 3.63) is 65.4 Å². The van der Waals surface area contributed by atoms with Crippen molar-refractivity contribution in [3.63, 3.8) is 0 Å². The molecule has 3 N–H and O–H groups in total. The molecule has 1 saturated carbocycles. The van der Waals surface area contributed by atoms with E-state index < -0.39 is 41.7 Å². The highest BCUT2D eigenvalue weighted by Crippen LogP contribution is 2.61. The van der Waals surface area contributed by atoms with Gasteiger partial charge in [0.15, 0.2) is 28.9 Å². The number of benzene rings is 1. The van der Waals surface area contributed by atoms with Crippen LogP contribution in [-0.4, -0.2) is 56.6 Å². The standard InChI is InChI=1S/C31H37NO7/c1-17-15-30-18(2)11-12-29(4,5)19(3)22(26(30)35)13-21(16-33)25(34)31(30,37)27(17)38-28(36)23-14-24(39-32-23)20-9-7-6-8-10-20/h6-10,13-15,18-19,22,25,27,33-34,37H,11-12,16H2,1-5H3/t18-,19-,22+,25-,27+,30+,31+/m1/s1. The molecule has 8 nitrogen and oxygen atoms in total. The zero-order chi connectivity index (χ0) is 28.3. The fraction of sp³-hybridized carbons (Fsp3) is 0.516. The maximum atomic E-state index is 14.5. The van der Waals surface area contributed by atoms with Crippen LogP contribution in [0.1, 0.15) is 57.9 Å². The molecule has 0 unspecified atom stereocenters. The summed E-state index contributed by atoms with van der Waals surface area (Å²) in [4.78, 5) is 27.9. The van der Waals surface area contributed by atoms with Gasteiger partial charge >= 0.3 is 5.97 Å². The third kappa shape index (κ3) is 3.95. The second kappa shape index (κ2) is 9.54. The first-order chi connectivity index (χ1) is 18.4. The van der Waals surface area contributed by atoms with Crippen LogP contribution in [0.25, 0.3) is 11.3 Å². The fourth-order valence-corrected chi connectivity index (χ4v) is 6.99. The monoisotopic (exact) mass is 535 g/mol. The Bertz CT molecular complexity index is 1340. The lowest BCUT2D eigenvalue weighted by molar-refractivity contribution is -0.194. The number of aliphatic hydroxyl groups excluding tert-OH is 2. The van der Waals surface area contributed by atoms with Gasteiger partial charge in [0.2, 0.25) is 0 Å². The molecule has 1 aromatic carbocycles. The summed E-state index contributed by atoms with van der Waals surface area (Å²) >= 11 is 0. The Labute approximate surface area is 228 Å². The summed E-state index contributed by atoms with van der Waals surface area (Å²) in [7, 11) is 0. The van der Waals surface area contributed by atoms with Gasteiger partial charge in [0, 0.05) is 17.5 Å². The van der Waals surface area contributed by atoms with Gasteiger partial charge in [-0.25, -0.2) is 4.79 Å². The Kier molecular flexibility index (Phi) is 6.72. The van der Waals surface area contributed by atoms with Gasteiger partial charge in [0.05, 0.1) is 12.0 Å². The van der Waals surface area contributed by atoms with Crippen molar-refractivity contribution in [1.82, 2.24) is 5.16 Å². The second-order valence-corrected chi connectivity index (χ2v) is 12.2. The van der Waals surface area contributed by atoms with Crippen molar-refractivity contribution in [2.75, 3.05) is 6.61 Å². The Morgan fingerprint density at radius 2 is 1.90 bits per heavy atom. The number of ether oxygens (including phenoxy) is 1. The van der Waals surface area contributed by atoms with Crippen LogP contribution in [0.5, 0.6) is 0 Å². The highest BCUT2D eigenvalue weighted by molar-refractivity contribution is 5.95. The molecule has 1 spiro atoms. The van der Waals surface area contributed by atoms with Crippen LogP contribution in [0.2, 0.25) is 0 Å². The van der Waals surface area contributed by atoms with Crippen LogP contribution in [-0.2, 0) is 9.53 Å². The first kappa shape index (κ1) is 27.5. The molecule has 8 heteroatoms. The van der Waals surface area contributed by atoms with E-state index in [9.17, 15) is 24.9 Å². The molecule has 1 aromatic heterocycles. The molecule has 0 radical (unpaired) electrons. The van der Waals surface area contributed by atoms with Gasteiger partial charge in [-0.3, -0.25) is 4.79 Å². The SMILES string of the molecule is CC1=C[C@]23C(=O)[C@@H](C=C(CO)[C@@H](O)[C@]2(O)[C@H]1OC(=O)c1cc(-c2ccccc2)on1)[C@@H](C)C(C)(C)CC[C@H]3C. The summed E-state index contributed by atoms with van der Waals surface area (Å²) in [5.41, 5.74) is -2.70. The van der Waals surface area contributed by atoms with E-state index in [-0.39, 0.29) is 34.3 Å². The predicted octanol–water partition coefficient (Wildman–Crippen LogP) is 4.12. The molecule has 0 saturated heterocycles. The van der Waals surface area contributed by atoms with Gasteiger partial charge in [0.1, 0.15) is 6.10 Å². The highest BCUT2D eigenvalue weighted by atomic mass is 16.6. The Balaban J connectivity index is 1.57. The molecule has 2 bridgehead atoms. The van der Waals surface area contributed by atoms with Gasteiger partial charge in [-0.15, -0.1) is 0 Å². The van der Waals surface area contributed by atoms with Crippen LogP contribution >= 0.6 is 0 Å². The zero-order valence-electron chi connectivity index (χ0n) is 23.0. The third-order valence-corrected chi connectivity index (χ3v) is 9.76. The zero-order valence-corrected chi connectivity index (χ0v) is 23.0. The van der Waals surface area contributed by atoms with Crippen LogP contribution in [0.4, 0.5) is 0 Å². The molecule has 0 aliphatic heterocycles. The molecule has 5 rings (SSSR count). The van der Waals surface area contributed by atoms with E-state index in [4.69, 9.17) is 9.26 Å². The molecule has 39 heavy (non-hydrogen) atoms. The third-order valence-electron chi connectivity index (χ3n) is 9.76. The maximum absolute atomic E-state index is 14.5. The molecule has 1 fully saturated rings. The lowest BCUT2D eigenvalue weighted by Crippen LogP contribution is -2.66. The molecule has 1 heterocycles. The lowest BCUT2D eigenvalue weighted by atomic mass is 9.54. The number of carbonyl (C=O) groups is 2. The number of esters is 1. The fourth-order valence-electron chi connectivity index (χ4n) is 6.99. The van der Waals surface area contributed by atoms with E-state index in [0.29, 0.717) is 17.8 Å². The van der Waals surface area contributed by atoms with Crippen LogP contribution in [0.3, 0.4) is 0 Å². The minimum absolute atomic E-state index is 0.0995. The molecular weight excluding hydrogens is 498 g/mol. The van der Waals surface area contributed by atoms with E-state index in [1.807, 2.05) is 44.2 Å². The number of hydrogen-bond acceptors (Lipinski definition) is 8. The first-order valence-corrected chi connectivity index (χ1v) is 13.6. The van der Waals surface area contributed by atoms with E-state index in [2.05, 4.69) is 19.0 Å². The number of ketones is 1. The largest absolute Gasteiger partial charge is 0.450 e. The van der Waals surface area contributed by atoms with Crippen molar-refractivity contribution in [2.24, 2.45) is 28.6 Å². The summed E-state index contributed by atoms with van der Waals surface area (Å²) in [5.74, 6) is -1.85. The Morgan fingerprint density at radius 1 is 1.21 bits per heavy atom. The summed E-state index contributed by atoms with van der Waals surface area (Å²) < 4.78 is 11.2. The number of hydrogen-bond donors (Lipinski definition) is 3. The van der Waals surface area contributed by atoms with Gasteiger partial charge in [-0.2, -0.15) is 0 Å². The number of fused-ring (bicyclic) bond motifs is 1. The number of Topliss-reactive ketones (excluding diaryl/α,β-unsaturated/α-hetero) is 1. The van der Waals surface area contributed by atoms with E-state index >= 15 is 0 Å². The van der Waals surface area contributed by atoms with E-state index in [1.165, 1.54) is 6.07 Å². The van der Waals surface area contributed by atoms with Crippen molar-refractivity contribution in [1.29, 1.82) is 0 Å². The van der Waals surface area contributed by atoms with Crippen LogP contribution in [0.15, 0.2) is 64.2 Å². The molecule has 0 amide bonds. The normalized spacial score (nSPS) is 35.7. The quantitative estimate of drug-likeness (QED) is 0.394. The van der Waals surface area contributed by atoms with Gasteiger partial charge in [-0.1, -0.05) is 75.3 Å². The van der Waals surface area contributed by atoms with Crippen molar-refractivity contribution < 1.29 is 34.2 Å². The molecule has 2 aromatic rings. The summed E-state index contributed by atoms with van der Waals surface area (Å²) in [5, 5.41) is 38.4. The summed E-state index contributed by atoms with van der Waals surface area (Å²) in [6.45, 7) is 9.30. The van der Waals surface area contributed by atoms with Crippen molar-refractivity contribution in [2.45, 2.75) is 65.3 Å². The van der Waals surface area contributed by atoms with E-state index in [0.717, 1.165) is 12.0 Å². The summed E-state index contributed by atoms with van der Waals surface area (Å²) in [6.07, 6.45) is 1.75. The molecule has 3 aliphatic rings. The van der Waals surface area contributed by atoms with Crippen molar-refractivity contribution in [3.8, 4) is 11.3 Å². The van der Waals surface area contributed by atoms with Gasteiger partial charge in [-0.05, 0) is 48.2 Å². The number of allylic oxidation sites excluding steroid dienone is 1. The number of aliphatic hydroxyl groups is 3. The Morgan fingerprint density at radius 3 is 2.56 bits per heavy atom. The number of aromatic nitrogens is 1.